The van der Waals surface area contributed by atoms with Crippen molar-refractivity contribution in [3.8, 4) is 0 Å². The van der Waals surface area contributed by atoms with Crippen molar-refractivity contribution in [2.45, 2.75) is 45.6 Å². The molecular formula is C17H26N2O. The number of amides is 1. The van der Waals surface area contributed by atoms with Gasteiger partial charge in [-0.15, -0.1) is 0 Å². The van der Waals surface area contributed by atoms with E-state index in [-0.39, 0.29) is 5.91 Å². The van der Waals surface area contributed by atoms with Crippen molar-refractivity contribution in [2.75, 3.05) is 18.5 Å². The molecule has 1 heterocycles. The van der Waals surface area contributed by atoms with Gasteiger partial charge in [0.2, 0.25) is 5.91 Å². The fourth-order valence-electron chi connectivity index (χ4n) is 2.81. The van der Waals surface area contributed by atoms with Crippen LogP contribution in [0.4, 0.5) is 5.69 Å². The van der Waals surface area contributed by atoms with E-state index in [4.69, 9.17) is 0 Å². The Morgan fingerprint density at radius 3 is 2.65 bits per heavy atom. The second kappa shape index (κ2) is 6.89. The first kappa shape index (κ1) is 15.0. The molecule has 1 saturated heterocycles. The summed E-state index contributed by atoms with van der Waals surface area (Å²) in [4.78, 5) is 14.2. The smallest absolute Gasteiger partial charge is 0.228 e. The third-order valence-corrected chi connectivity index (χ3v) is 4.43. The number of hydrogen-bond acceptors (Lipinski definition) is 2. The largest absolute Gasteiger partial charge is 0.315 e. The summed E-state index contributed by atoms with van der Waals surface area (Å²) in [7, 11) is 1.87. The highest BCUT2D eigenvalue weighted by Crippen LogP contribution is 2.21. The Bertz CT molecular complexity index is 441. The predicted molar refractivity (Wildman–Crippen MR) is 84.0 cm³/mol. The molecule has 3 heteroatoms. The molecule has 0 spiro atoms. The van der Waals surface area contributed by atoms with E-state index in [0.29, 0.717) is 18.4 Å². The summed E-state index contributed by atoms with van der Waals surface area (Å²) in [6.07, 6.45) is 4.06. The molecule has 3 nitrogen and oxygen atoms in total. The molecule has 2 unspecified atom stereocenters. The summed E-state index contributed by atoms with van der Waals surface area (Å²) in [5.74, 6) is 0.782. The van der Waals surface area contributed by atoms with Crippen molar-refractivity contribution >= 4 is 11.6 Å². The molecule has 1 fully saturated rings. The highest BCUT2D eigenvalue weighted by atomic mass is 16.2. The first-order valence-electron chi connectivity index (χ1n) is 7.70. The van der Waals surface area contributed by atoms with Crippen LogP contribution >= 0.6 is 0 Å². The topological polar surface area (TPSA) is 32.3 Å². The Morgan fingerprint density at radius 2 is 2.05 bits per heavy atom. The van der Waals surface area contributed by atoms with Crippen LogP contribution < -0.4 is 10.2 Å². The third-order valence-electron chi connectivity index (χ3n) is 4.43. The molecule has 1 aliphatic rings. The Kier molecular flexibility index (Phi) is 5.18. The van der Waals surface area contributed by atoms with E-state index < -0.39 is 0 Å². The van der Waals surface area contributed by atoms with Crippen molar-refractivity contribution in [3.63, 3.8) is 0 Å². The molecule has 0 bridgehead atoms. The van der Waals surface area contributed by atoms with Crippen LogP contribution in [-0.4, -0.2) is 25.5 Å². The maximum Gasteiger partial charge on any atom is 0.228 e. The molecule has 1 aromatic rings. The van der Waals surface area contributed by atoms with Gasteiger partial charge >= 0.3 is 0 Å². The maximum absolute atomic E-state index is 12.4. The lowest BCUT2D eigenvalue weighted by Crippen LogP contribution is -2.43. The highest BCUT2D eigenvalue weighted by Gasteiger charge is 2.24. The fourth-order valence-corrected chi connectivity index (χ4v) is 2.81. The molecule has 0 aliphatic carbocycles. The summed E-state index contributed by atoms with van der Waals surface area (Å²) in [5, 5.41) is 3.48. The Balaban J connectivity index is 1.96. The normalized spacial score (nSPS) is 22.6. The molecule has 1 amide bonds. The van der Waals surface area contributed by atoms with E-state index in [1.807, 2.05) is 19.2 Å². The monoisotopic (exact) mass is 274 g/mol. The van der Waals surface area contributed by atoms with E-state index in [1.54, 1.807) is 4.90 Å². The number of piperidine rings is 1. The van der Waals surface area contributed by atoms with Crippen molar-refractivity contribution in [2.24, 2.45) is 5.92 Å². The molecule has 110 valence electrons. The van der Waals surface area contributed by atoms with Crippen LogP contribution in [0.25, 0.3) is 0 Å². The minimum Gasteiger partial charge on any atom is -0.315 e. The fraction of sp³-hybridized carbons (Fsp3) is 0.588. The van der Waals surface area contributed by atoms with E-state index in [2.05, 4.69) is 31.3 Å². The number of anilines is 1. The summed E-state index contributed by atoms with van der Waals surface area (Å²) in [6, 6.07) is 8.60. The summed E-state index contributed by atoms with van der Waals surface area (Å²) in [5.41, 5.74) is 2.29. The zero-order chi connectivity index (χ0) is 14.5. The van der Waals surface area contributed by atoms with Gasteiger partial charge in [0.25, 0.3) is 0 Å². The molecule has 0 saturated carbocycles. The van der Waals surface area contributed by atoms with E-state index >= 15 is 0 Å². The minimum absolute atomic E-state index is 0.195. The van der Waals surface area contributed by atoms with Crippen LogP contribution in [0, 0.1) is 5.92 Å². The lowest BCUT2D eigenvalue weighted by molar-refractivity contribution is -0.119. The van der Waals surface area contributed by atoms with Gasteiger partial charge in [-0.2, -0.15) is 0 Å². The Morgan fingerprint density at radius 1 is 1.35 bits per heavy atom. The molecule has 20 heavy (non-hydrogen) atoms. The molecule has 2 rings (SSSR count). The molecule has 2 atom stereocenters. The molecule has 0 radical (unpaired) electrons. The second-order valence-corrected chi connectivity index (χ2v) is 5.86. The van der Waals surface area contributed by atoms with Gasteiger partial charge < -0.3 is 10.2 Å². The van der Waals surface area contributed by atoms with Crippen LogP contribution in [0.3, 0.4) is 0 Å². The van der Waals surface area contributed by atoms with E-state index in [1.165, 1.54) is 18.4 Å². The Labute approximate surface area is 122 Å². The standard InChI is InChI=1S/C17H26N2O/c1-4-14-7-9-15(10-8-14)19(3)17(20)12-16-13(2)6-5-11-18-16/h7-10,13,16,18H,4-6,11-12H2,1-3H3. The zero-order valence-corrected chi connectivity index (χ0v) is 12.9. The second-order valence-electron chi connectivity index (χ2n) is 5.86. The predicted octanol–water partition coefficient (Wildman–Crippen LogP) is 2.99. The number of nitrogens with zero attached hydrogens (tertiary/aromatic N) is 1. The Hall–Kier alpha value is -1.35. The van der Waals surface area contributed by atoms with Crippen LogP contribution in [0.2, 0.25) is 0 Å². The summed E-state index contributed by atoms with van der Waals surface area (Å²) >= 11 is 0. The number of aryl methyl sites for hydroxylation is 1. The lowest BCUT2D eigenvalue weighted by atomic mass is 9.90. The number of hydrogen-bond donors (Lipinski definition) is 1. The van der Waals surface area contributed by atoms with Gasteiger partial charge in [-0.25, -0.2) is 0 Å². The van der Waals surface area contributed by atoms with Crippen LogP contribution in [-0.2, 0) is 11.2 Å². The van der Waals surface area contributed by atoms with Crippen LogP contribution in [0.15, 0.2) is 24.3 Å². The first-order chi connectivity index (χ1) is 9.61. The average Bonchev–Trinajstić information content (AvgIpc) is 2.49. The van der Waals surface area contributed by atoms with Gasteiger partial charge in [-0.05, 0) is 49.4 Å². The van der Waals surface area contributed by atoms with E-state index in [0.717, 1.165) is 18.7 Å². The summed E-state index contributed by atoms with van der Waals surface area (Å²) in [6.45, 7) is 5.41. The van der Waals surface area contributed by atoms with Gasteiger partial charge in [0.05, 0.1) is 0 Å². The van der Waals surface area contributed by atoms with Gasteiger partial charge in [-0.1, -0.05) is 26.0 Å². The quantitative estimate of drug-likeness (QED) is 0.915. The number of carbonyl (C=O) groups excluding carboxylic acids is 1. The minimum atomic E-state index is 0.195. The molecule has 1 aliphatic heterocycles. The van der Waals surface area contributed by atoms with Crippen molar-refractivity contribution in [3.05, 3.63) is 29.8 Å². The maximum atomic E-state index is 12.4. The van der Waals surface area contributed by atoms with Gasteiger partial charge in [0.1, 0.15) is 0 Å². The molecule has 1 aromatic carbocycles. The van der Waals surface area contributed by atoms with Gasteiger partial charge in [0.15, 0.2) is 0 Å². The zero-order valence-electron chi connectivity index (χ0n) is 12.9. The number of rotatable bonds is 4. The lowest BCUT2D eigenvalue weighted by Gasteiger charge is -2.31. The van der Waals surface area contributed by atoms with Crippen molar-refractivity contribution in [1.29, 1.82) is 0 Å². The third kappa shape index (κ3) is 3.60. The number of benzene rings is 1. The van der Waals surface area contributed by atoms with E-state index in [9.17, 15) is 4.79 Å². The van der Waals surface area contributed by atoms with Gasteiger partial charge in [-0.3, -0.25) is 4.79 Å². The van der Waals surface area contributed by atoms with Gasteiger partial charge in [0, 0.05) is 25.2 Å². The average molecular weight is 274 g/mol. The summed E-state index contributed by atoms with van der Waals surface area (Å²) < 4.78 is 0. The first-order valence-corrected chi connectivity index (χ1v) is 7.70. The molecular weight excluding hydrogens is 248 g/mol. The van der Waals surface area contributed by atoms with Crippen molar-refractivity contribution in [1.82, 2.24) is 5.32 Å². The number of carbonyl (C=O) groups is 1. The molecule has 1 N–H and O–H groups in total. The molecule has 0 aromatic heterocycles. The van der Waals surface area contributed by atoms with Crippen LogP contribution in [0.1, 0.15) is 38.7 Å². The van der Waals surface area contributed by atoms with Crippen LogP contribution in [0.5, 0.6) is 0 Å². The SMILES string of the molecule is CCc1ccc(N(C)C(=O)CC2NCCCC2C)cc1. The van der Waals surface area contributed by atoms with Crippen molar-refractivity contribution < 1.29 is 4.79 Å². The highest BCUT2D eigenvalue weighted by molar-refractivity contribution is 5.93. The number of nitrogens with one attached hydrogen (secondary N) is 1.